The minimum atomic E-state index is -0.701. The SMILES string of the molecule is Cc1ccc(CC(O)C(O)C2CC2)c(Cl)c1. The van der Waals surface area contributed by atoms with E-state index in [9.17, 15) is 10.2 Å². The second-order valence-electron chi connectivity index (χ2n) is 4.69. The van der Waals surface area contributed by atoms with E-state index in [4.69, 9.17) is 11.6 Å². The van der Waals surface area contributed by atoms with E-state index in [-0.39, 0.29) is 0 Å². The van der Waals surface area contributed by atoms with Gasteiger partial charge in [-0.3, -0.25) is 0 Å². The number of hydrogen-bond donors (Lipinski definition) is 2. The van der Waals surface area contributed by atoms with E-state index in [1.54, 1.807) is 0 Å². The zero-order chi connectivity index (χ0) is 11.7. The Bertz CT molecular complexity index is 374. The Morgan fingerprint density at radius 1 is 1.38 bits per heavy atom. The molecular formula is C13H17ClO2. The second-order valence-corrected chi connectivity index (χ2v) is 5.10. The monoisotopic (exact) mass is 240 g/mol. The summed E-state index contributed by atoms with van der Waals surface area (Å²) in [6, 6.07) is 5.77. The van der Waals surface area contributed by atoms with Gasteiger partial charge < -0.3 is 10.2 Å². The molecule has 1 fully saturated rings. The first-order chi connectivity index (χ1) is 7.58. The maximum Gasteiger partial charge on any atom is 0.0842 e. The fourth-order valence-corrected chi connectivity index (χ4v) is 2.23. The molecule has 1 aromatic carbocycles. The smallest absolute Gasteiger partial charge is 0.0842 e. The van der Waals surface area contributed by atoms with Crippen LogP contribution in [-0.2, 0) is 6.42 Å². The Balaban J connectivity index is 2.02. The van der Waals surface area contributed by atoms with Crippen LogP contribution in [0.15, 0.2) is 18.2 Å². The number of hydrogen-bond acceptors (Lipinski definition) is 2. The summed E-state index contributed by atoms with van der Waals surface area (Å²) in [6.07, 6.45) is 1.18. The highest BCUT2D eigenvalue weighted by atomic mass is 35.5. The van der Waals surface area contributed by atoms with Crippen molar-refractivity contribution < 1.29 is 10.2 Å². The predicted octanol–water partition coefficient (Wildman–Crippen LogP) is 2.32. The van der Waals surface area contributed by atoms with E-state index in [2.05, 4.69) is 0 Å². The van der Waals surface area contributed by atoms with Crippen molar-refractivity contribution in [2.45, 2.75) is 38.4 Å². The van der Waals surface area contributed by atoms with Crippen molar-refractivity contribution in [2.75, 3.05) is 0 Å². The van der Waals surface area contributed by atoms with Crippen LogP contribution >= 0.6 is 11.6 Å². The minimum absolute atomic E-state index is 0.291. The molecule has 0 spiro atoms. The molecule has 1 aliphatic carbocycles. The fraction of sp³-hybridized carbons (Fsp3) is 0.538. The number of rotatable bonds is 4. The van der Waals surface area contributed by atoms with Crippen LogP contribution in [0.4, 0.5) is 0 Å². The molecule has 2 unspecified atom stereocenters. The maximum atomic E-state index is 9.87. The number of benzene rings is 1. The van der Waals surface area contributed by atoms with Crippen molar-refractivity contribution in [2.24, 2.45) is 5.92 Å². The summed E-state index contributed by atoms with van der Waals surface area (Å²) in [5.74, 6) is 0.291. The Labute approximate surface area is 101 Å². The van der Waals surface area contributed by atoms with E-state index >= 15 is 0 Å². The molecule has 0 aromatic heterocycles. The predicted molar refractivity (Wildman–Crippen MR) is 64.6 cm³/mol. The number of aryl methyl sites for hydroxylation is 1. The van der Waals surface area contributed by atoms with Crippen LogP contribution in [0.2, 0.25) is 5.02 Å². The summed E-state index contributed by atoms with van der Waals surface area (Å²) in [4.78, 5) is 0. The minimum Gasteiger partial charge on any atom is -0.390 e. The summed E-state index contributed by atoms with van der Waals surface area (Å²) >= 11 is 6.08. The largest absolute Gasteiger partial charge is 0.390 e. The summed E-state index contributed by atoms with van der Waals surface area (Å²) < 4.78 is 0. The van der Waals surface area contributed by atoms with Gasteiger partial charge in [-0.25, -0.2) is 0 Å². The number of halogens is 1. The van der Waals surface area contributed by atoms with Gasteiger partial charge in [0.1, 0.15) is 0 Å². The zero-order valence-electron chi connectivity index (χ0n) is 9.36. The highest BCUT2D eigenvalue weighted by Crippen LogP contribution is 2.34. The molecule has 0 aliphatic heterocycles. The molecule has 0 radical (unpaired) electrons. The van der Waals surface area contributed by atoms with Gasteiger partial charge in [0.15, 0.2) is 0 Å². The molecule has 1 aliphatic rings. The Morgan fingerprint density at radius 2 is 2.06 bits per heavy atom. The van der Waals surface area contributed by atoms with Crippen molar-refractivity contribution in [3.8, 4) is 0 Å². The lowest BCUT2D eigenvalue weighted by molar-refractivity contribution is 0.00674. The van der Waals surface area contributed by atoms with Crippen LogP contribution in [0.1, 0.15) is 24.0 Å². The lowest BCUT2D eigenvalue weighted by atomic mass is 10.0. The number of aliphatic hydroxyl groups is 2. The normalized spacial score (nSPS) is 19.5. The number of aliphatic hydroxyl groups excluding tert-OH is 2. The third-order valence-electron chi connectivity index (χ3n) is 3.14. The molecule has 2 rings (SSSR count). The topological polar surface area (TPSA) is 40.5 Å². The van der Waals surface area contributed by atoms with E-state index in [1.165, 1.54) is 0 Å². The van der Waals surface area contributed by atoms with Crippen molar-refractivity contribution >= 4 is 11.6 Å². The third-order valence-corrected chi connectivity index (χ3v) is 3.49. The molecule has 0 bridgehead atoms. The molecule has 0 amide bonds. The van der Waals surface area contributed by atoms with E-state index in [1.807, 2.05) is 25.1 Å². The van der Waals surface area contributed by atoms with Gasteiger partial charge in [0.2, 0.25) is 0 Å². The van der Waals surface area contributed by atoms with Gasteiger partial charge >= 0.3 is 0 Å². The first-order valence-electron chi connectivity index (χ1n) is 5.69. The summed E-state index contributed by atoms with van der Waals surface area (Å²) in [5, 5.41) is 20.3. The van der Waals surface area contributed by atoms with Gasteiger partial charge in [0.25, 0.3) is 0 Å². The lowest BCUT2D eigenvalue weighted by Crippen LogP contribution is -2.29. The molecule has 0 saturated heterocycles. The van der Waals surface area contributed by atoms with Crippen molar-refractivity contribution in [3.63, 3.8) is 0 Å². The van der Waals surface area contributed by atoms with Crippen LogP contribution < -0.4 is 0 Å². The van der Waals surface area contributed by atoms with E-state index < -0.39 is 12.2 Å². The molecule has 1 saturated carbocycles. The standard InChI is InChI=1S/C13H17ClO2/c1-8-2-3-10(11(14)6-8)7-12(15)13(16)9-4-5-9/h2-3,6,9,12-13,15-16H,4-5,7H2,1H3. The summed E-state index contributed by atoms with van der Waals surface area (Å²) in [6.45, 7) is 1.98. The highest BCUT2D eigenvalue weighted by molar-refractivity contribution is 6.31. The quantitative estimate of drug-likeness (QED) is 0.848. The zero-order valence-corrected chi connectivity index (χ0v) is 10.1. The van der Waals surface area contributed by atoms with E-state index in [0.717, 1.165) is 24.0 Å². The fourth-order valence-electron chi connectivity index (χ4n) is 1.92. The maximum absolute atomic E-state index is 9.87. The first-order valence-corrected chi connectivity index (χ1v) is 6.07. The molecule has 16 heavy (non-hydrogen) atoms. The van der Waals surface area contributed by atoms with Crippen LogP contribution in [0.5, 0.6) is 0 Å². The van der Waals surface area contributed by atoms with Gasteiger partial charge in [-0.1, -0.05) is 23.7 Å². The first kappa shape index (κ1) is 11.9. The molecule has 1 aromatic rings. The summed E-state index contributed by atoms with van der Waals surface area (Å²) in [5.41, 5.74) is 2.01. The van der Waals surface area contributed by atoms with Gasteiger partial charge in [0.05, 0.1) is 12.2 Å². The van der Waals surface area contributed by atoms with Gasteiger partial charge in [0, 0.05) is 11.4 Å². The van der Waals surface area contributed by atoms with Crippen molar-refractivity contribution in [1.29, 1.82) is 0 Å². The van der Waals surface area contributed by atoms with Gasteiger partial charge in [-0.2, -0.15) is 0 Å². The van der Waals surface area contributed by atoms with Gasteiger partial charge in [-0.05, 0) is 42.9 Å². The van der Waals surface area contributed by atoms with E-state index in [0.29, 0.717) is 17.4 Å². The second kappa shape index (κ2) is 4.74. The average Bonchev–Trinajstić information content (AvgIpc) is 3.04. The van der Waals surface area contributed by atoms with Crippen LogP contribution in [0, 0.1) is 12.8 Å². The van der Waals surface area contributed by atoms with Crippen molar-refractivity contribution in [3.05, 3.63) is 34.3 Å². The molecule has 2 N–H and O–H groups in total. The van der Waals surface area contributed by atoms with Crippen LogP contribution in [-0.4, -0.2) is 22.4 Å². The lowest BCUT2D eigenvalue weighted by Gasteiger charge is -2.18. The van der Waals surface area contributed by atoms with Crippen LogP contribution in [0.25, 0.3) is 0 Å². The Kier molecular flexibility index (Phi) is 3.53. The Morgan fingerprint density at radius 3 is 2.62 bits per heavy atom. The summed E-state index contributed by atoms with van der Waals surface area (Å²) in [7, 11) is 0. The molecule has 2 atom stereocenters. The molecule has 2 nitrogen and oxygen atoms in total. The van der Waals surface area contributed by atoms with Crippen molar-refractivity contribution in [1.82, 2.24) is 0 Å². The third kappa shape index (κ3) is 2.76. The average molecular weight is 241 g/mol. The van der Waals surface area contributed by atoms with Gasteiger partial charge in [-0.15, -0.1) is 0 Å². The highest BCUT2D eigenvalue weighted by Gasteiger charge is 2.34. The Hall–Kier alpha value is -0.570. The molecule has 3 heteroatoms. The molecular weight excluding hydrogens is 224 g/mol. The molecule has 88 valence electrons. The van der Waals surface area contributed by atoms with Crippen LogP contribution in [0.3, 0.4) is 0 Å². The molecule has 0 heterocycles.